The van der Waals surface area contributed by atoms with Crippen LogP contribution in [0.3, 0.4) is 0 Å². The van der Waals surface area contributed by atoms with Crippen LogP contribution in [0.25, 0.3) is 0 Å². The summed E-state index contributed by atoms with van der Waals surface area (Å²) in [6, 6.07) is 15.4. The molecule has 204 valence electrons. The minimum absolute atomic E-state index is 0.0344. The maximum absolute atomic E-state index is 14.5. The van der Waals surface area contributed by atoms with E-state index in [1.165, 1.54) is 36.4 Å². The van der Waals surface area contributed by atoms with E-state index in [4.69, 9.17) is 44.1 Å². The smallest absolute Gasteiger partial charge is 0.411 e. The number of anilines is 2. The van der Waals surface area contributed by atoms with E-state index in [9.17, 15) is 26.3 Å². The summed E-state index contributed by atoms with van der Waals surface area (Å²) in [6.45, 7) is 0. The molecule has 0 aliphatic heterocycles. The molecule has 0 aliphatic carbocycles. The molecule has 4 aromatic rings. The van der Waals surface area contributed by atoms with Crippen molar-refractivity contribution >= 4 is 34.6 Å². The lowest BCUT2D eigenvalue weighted by Gasteiger charge is -2.38. The van der Waals surface area contributed by atoms with E-state index in [0.29, 0.717) is 35.6 Å². The van der Waals surface area contributed by atoms with Gasteiger partial charge in [0.25, 0.3) is 0 Å². The monoisotopic (exact) mass is 586 g/mol. The fourth-order valence-corrected chi connectivity index (χ4v) is 4.44. The second-order valence-corrected chi connectivity index (χ2v) is 9.19. The van der Waals surface area contributed by atoms with Crippen molar-refractivity contribution in [3.63, 3.8) is 0 Å². The molecule has 0 unspecified atom stereocenters. The highest BCUT2D eigenvalue weighted by Crippen LogP contribution is 2.56. The minimum atomic E-state index is -5.77. The third-order valence-electron chi connectivity index (χ3n) is 5.79. The van der Waals surface area contributed by atoms with E-state index in [1.54, 1.807) is 0 Å². The molecule has 12 heteroatoms. The number of benzene rings is 4. The minimum Gasteiger partial charge on any atom is -0.456 e. The van der Waals surface area contributed by atoms with E-state index in [1.807, 2.05) is 0 Å². The second kappa shape index (κ2) is 10.4. The Bertz CT molecular complexity index is 1360. The van der Waals surface area contributed by atoms with Gasteiger partial charge in [0.15, 0.2) is 0 Å². The predicted octanol–water partition coefficient (Wildman–Crippen LogP) is 9.15. The van der Waals surface area contributed by atoms with Crippen molar-refractivity contribution in [2.24, 2.45) is 0 Å². The average molecular weight is 587 g/mol. The molecule has 0 bridgehead atoms. The molecular weight excluding hydrogens is 569 g/mol. The summed E-state index contributed by atoms with van der Waals surface area (Å²) in [6.07, 6.45) is -11.5. The van der Waals surface area contributed by atoms with Crippen LogP contribution in [0, 0.1) is 0 Å². The molecule has 0 aliphatic rings. The number of hydrogen-bond donors (Lipinski definition) is 2. The van der Waals surface area contributed by atoms with Gasteiger partial charge >= 0.3 is 12.4 Å². The Labute approximate surface area is 228 Å². The third-order valence-corrected chi connectivity index (χ3v) is 6.38. The topological polar surface area (TPSA) is 70.5 Å². The second-order valence-electron chi connectivity index (χ2n) is 8.38. The van der Waals surface area contributed by atoms with Crippen molar-refractivity contribution in [1.29, 1.82) is 0 Å². The molecule has 39 heavy (non-hydrogen) atoms. The van der Waals surface area contributed by atoms with E-state index >= 15 is 0 Å². The number of rotatable bonds is 6. The molecule has 0 spiro atoms. The van der Waals surface area contributed by atoms with Gasteiger partial charge in [0.05, 0.1) is 10.0 Å². The van der Waals surface area contributed by atoms with Crippen LogP contribution in [-0.4, -0.2) is 12.4 Å². The number of alkyl halides is 6. The van der Waals surface area contributed by atoms with Gasteiger partial charge in [-0.1, -0.05) is 47.5 Å². The highest BCUT2D eigenvalue weighted by atomic mass is 35.5. The van der Waals surface area contributed by atoms with E-state index in [2.05, 4.69) is 0 Å². The summed E-state index contributed by atoms with van der Waals surface area (Å²) in [5, 5.41) is 0.225. The number of hydrogen-bond acceptors (Lipinski definition) is 4. The normalized spacial score (nSPS) is 12.3. The van der Waals surface area contributed by atoms with Gasteiger partial charge in [0.1, 0.15) is 23.0 Å². The zero-order valence-electron chi connectivity index (χ0n) is 19.6. The molecule has 0 aromatic heterocycles. The lowest BCUT2D eigenvalue weighted by Crippen LogP contribution is -2.54. The quantitative estimate of drug-likeness (QED) is 0.174. The fourth-order valence-electron chi connectivity index (χ4n) is 3.98. The zero-order valence-corrected chi connectivity index (χ0v) is 21.1. The zero-order chi connectivity index (χ0) is 28.6. The van der Waals surface area contributed by atoms with Gasteiger partial charge in [-0.3, -0.25) is 0 Å². The van der Waals surface area contributed by atoms with Crippen molar-refractivity contribution in [3.05, 3.63) is 106 Å². The van der Waals surface area contributed by atoms with Gasteiger partial charge in [-0.05, 0) is 71.8 Å². The summed E-state index contributed by atoms with van der Waals surface area (Å²) in [7, 11) is 0. The first kappa shape index (κ1) is 28.3. The first-order chi connectivity index (χ1) is 18.2. The summed E-state index contributed by atoms with van der Waals surface area (Å²) in [4.78, 5) is 0. The molecular formula is C27H18Cl2F6N2O2. The molecule has 0 heterocycles. The maximum Gasteiger partial charge on any atom is 0.411 e. The van der Waals surface area contributed by atoms with Crippen LogP contribution in [0.15, 0.2) is 84.9 Å². The number of nitrogen functional groups attached to an aromatic ring is 2. The molecule has 0 atom stereocenters. The largest absolute Gasteiger partial charge is 0.456 e. The molecule has 0 saturated carbocycles. The van der Waals surface area contributed by atoms with Crippen LogP contribution < -0.4 is 20.9 Å². The van der Waals surface area contributed by atoms with Gasteiger partial charge in [-0.15, -0.1) is 0 Å². The molecule has 4 rings (SSSR count). The van der Waals surface area contributed by atoms with Crippen molar-refractivity contribution < 1.29 is 35.8 Å². The Morgan fingerprint density at radius 1 is 0.513 bits per heavy atom. The summed E-state index contributed by atoms with van der Waals surface area (Å²) in [5.74, 6) is 0.169. The highest BCUT2D eigenvalue weighted by molar-refractivity contribution is 6.32. The Morgan fingerprint density at radius 2 is 0.846 bits per heavy atom. The molecule has 0 fully saturated rings. The lowest BCUT2D eigenvalue weighted by molar-refractivity contribution is -0.288. The Hall–Kier alpha value is -3.76. The van der Waals surface area contributed by atoms with E-state index in [-0.39, 0.29) is 33.0 Å². The number of halogens is 8. The molecule has 0 saturated heterocycles. The van der Waals surface area contributed by atoms with Crippen LogP contribution in [0.4, 0.5) is 37.7 Å². The number of ether oxygens (including phenoxy) is 2. The molecule has 0 amide bonds. The average Bonchev–Trinajstić information content (AvgIpc) is 2.83. The van der Waals surface area contributed by atoms with Crippen molar-refractivity contribution in [2.45, 2.75) is 17.8 Å². The van der Waals surface area contributed by atoms with Crippen LogP contribution in [0.1, 0.15) is 11.1 Å². The predicted molar refractivity (Wildman–Crippen MR) is 138 cm³/mol. The van der Waals surface area contributed by atoms with Crippen molar-refractivity contribution in [2.75, 3.05) is 11.5 Å². The molecule has 0 radical (unpaired) electrons. The van der Waals surface area contributed by atoms with Gasteiger partial charge in [0, 0.05) is 11.4 Å². The Balaban J connectivity index is 1.73. The summed E-state index contributed by atoms with van der Waals surface area (Å²) >= 11 is 12.1. The SMILES string of the molecule is Nc1ccc(Oc2ccc(C(c3ccc(Oc4ccc(N)cc4Cl)cc3)(C(F)(F)F)C(F)(F)F)cc2)c(Cl)c1. The highest BCUT2D eigenvalue weighted by Gasteiger charge is 2.72. The molecule has 4 aromatic carbocycles. The third kappa shape index (κ3) is 5.53. The van der Waals surface area contributed by atoms with Gasteiger partial charge in [-0.2, -0.15) is 26.3 Å². The Kier molecular flexibility index (Phi) is 7.55. The van der Waals surface area contributed by atoms with Crippen LogP contribution in [-0.2, 0) is 5.41 Å². The van der Waals surface area contributed by atoms with Gasteiger partial charge in [0.2, 0.25) is 5.41 Å². The Morgan fingerprint density at radius 3 is 1.13 bits per heavy atom. The maximum atomic E-state index is 14.5. The van der Waals surface area contributed by atoms with Gasteiger partial charge < -0.3 is 20.9 Å². The van der Waals surface area contributed by atoms with Crippen molar-refractivity contribution in [1.82, 2.24) is 0 Å². The fraction of sp³-hybridized carbons (Fsp3) is 0.111. The standard InChI is InChI=1S/C27H18Cl2F6N2O2/c28-21-13-17(36)5-11-23(21)38-19-7-1-15(2-8-19)25(26(30,31)32,27(33,34)35)16-3-9-20(10-4-16)39-24-12-6-18(37)14-22(24)29/h1-14H,36-37H2. The van der Waals surface area contributed by atoms with Gasteiger partial charge in [-0.25, -0.2) is 0 Å². The first-order valence-corrected chi connectivity index (χ1v) is 11.8. The van der Waals surface area contributed by atoms with Crippen LogP contribution in [0.2, 0.25) is 10.0 Å². The van der Waals surface area contributed by atoms with Crippen LogP contribution >= 0.6 is 23.2 Å². The summed E-state index contributed by atoms with van der Waals surface area (Å²) < 4.78 is 97.9. The van der Waals surface area contributed by atoms with Crippen molar-refractivity contribution in [3.8, 4) is 23.0 Å². The number of nitrogens with two attached hydrogens (primary N) is 2. The first-order valence-electron chi connectivity index (χ1n) is 11.0. The van der Waals surface area contributed by atoms with Crippen LogP contribution in [0.5, 0.6) is 23.0 Å². The van der Waals surface area contributed by atoms with E-state index in [0.717, 1.165) is 24.3 Å². The molecule has 4 nitrogen and oxygen atoms in total. The van der Waals surface area contributed by atoms with E-state index < -0.39 is 28.9 Å². The lowest BCUT2D eigenvalue weighted by atomic mass is 9.73. The summed E-state index contributed by atoms with van der Waals surface area (Å²) in [5.41, 5.74) is 5.44. The molecule has 4 N–H and O–H groups in total.